The highest BCUT2D eigenvalue weighted by molar-refractivity contribution is 7.89. The maximum atomic E-state index is 12.4. The molecule has 2 N–H and O–H groups in total. The summed E-state index contributed by atoms with van der Waals surface area (Å²) in [6.45, 7) is 3.48. The molecule has 1 atom stereocenters. The van der Waals surface area contributed by atoms with E-state index in [2.05, 4.69) is 9.62 Å². The zero-order valence-corrected chi connectivity index (χ0v) is 12.8. The van der Waals surface area contributed by atoms with Crippen molar-refractivity contribution in [3.63, 3.8) is 0 Å². The second kappa shape index (κ2) is 6.22. The van der Waals surface area contributed by atoms with E-state index < -0.39 is 10.0 Å². The number of likely N-dealkylation sites (N-methyl/N-ethyl adjacent to an activating group) is 1. The molecule has 1 aliphatic rings. The van der Waals surface area contributed by atoms with Gasteiger partial charge in [0.15, 0.2) is 0 Å². The monoisotopic (exact) mass is 298 g/mol. The summed E-state index contributed by atoms with van der Waals surface area (Å²) >= 11 is 0. The first-order valence-corrected chi connectivity index (χ1v) is 8.38. The highest BCUT2D eigenvalue weighted by Gasteiger charge is 2.25. The minimum Gasteiger partial charge on any atom is -0.392 e. The van der Waals surface area contributed by atoms with Gasteiger partial charge in [-0.2, -0.15) is 0 Å². The normalized spacial score (nSPS) is 20.4. The third-order valence-electron chi connectivity index (χ3n) is 3.75. The molecule has 0 aromatic heterocycles. The summed E-state index contributed by atoms with van der Waals surface area (Å²) in [5.41, 5.74) is 1.66. The predicted molar refractivity (Wildman–Crippen MR) is 78.0 cm³/mol. The van der Waals surface area contributed by atoms with E-state index in [1.165, 1.54) is 0 Å². The molecule has 0 radical (unpaired) electrons. The Morgan fingerprint density at radius 2 is 2.15 bits per heavy atom. The molecule has 0 bridgehead atoms. The van der Waals surface area contributed by atoms with Gasteiger partial charge in [0.25, 0.3) is 0 Å². The Morgan fingerprint density at radius 1 is 1.40 bits per heavy atom. The molecule has 1 aliphatic heterocycles. The summed E-state index contributed by atoms with van der Waals surface area (Å²) in [7, 11) is -1.53. The molecule has 0 spiro atoms. The van der Waals surface area contributed by atoms with Crippen LogP contribution < -0.4 is 4.72 Å². The van der Waals surface area contributed by atoms with Crippen LogP contribution in [-0.2, 0) is 23.1 Å². The lowest BCUT2D eigenvalue weighted by molar-refractivity contribution is 0.280. The molecule has 0 amide bonds. The van der Waals surface area contributed by atoms with Crippen molar-refractivity contribution in [1.82, 2.24) is 9.62 Å². The van der Waals surface area contributed by atoms with Gasteiger partial charge in [0.2, 0.25) is 10.0 Å². The number of sulfonamides is 1. The molecule has 1 fully saturated rings. The van der Waals surface area contributed by atoms with Crippen LogP contribution in [0.5, 0.6) is 0 Å². The minimum atomic E-state index is -3.51. The Morgan fingerprint density at radius 3 is 2.70 bits per heavy atom. The fourth-order valence-electron chi connectivity index (χ4n) is 2.58. The van der Waals surface area contributed by atoms with Crippen LogP contribution in [0.2, 0.25) is 0 Å². The van der Waals surface area contributed by atoms with Crippen molar-refractivity contribution in [1.29, 1.82) is 0 Å². The quantitative estimate of drug-likeness (QED) is 0.840. The van der Waals surface area contributed by atoms with Crippen LogP contribution in [0.15, 0.2) is 23.1 Å². The first-order valence-electron chi connectivity index (χ1n) is 6.89. The van der Waals surface area contributed by atoms with Gasteiger partial charge < -0.3 is 10.0 Å². The highest BCUT2D eigenvalue weighted by atomic mass is 32.2. The molecule has 2 rings (SSSR count). The van der Waals surface area contributed by atoms with E-state index in [4.69, 9.17) is 0 Å². The second-order valence-corrected chi connectivity index (χ2v) is 7.03. The number of benzene rings is 1. The molecule has 112 valence electrons. The number of rotatable bonds is 5. The molecule has 1 aromatic carbocycles. The third kappa shape index (κ3) is 3.38. The van der Waals surface area contributed by atoms with Crippen LogP contribution in [0, 0.1) is 0 Å². The van der Waals surface area contributed by atoms with Gasteiger partial charge in [0.1, 0.15) is 0 Å². The summed E-state index contributed by atoms with van der Waals surface area (Å²) in [5, 5.41) is 9.34. The van der Waals surface area contributed by atoms with Crippen LogP contribution in [0.3, 0.4) is 0 Å². The van der Waals surface area contributed by atoms with Crippen molar-refractivity contribution >= 4 is 10.0 Å². The molecule has 0 aliphatic carbocycles. The molecule has 1 unspecified atom stereocenters. The maximum Gasteiger partial charge on any atom is 0.240 e. The van der Waals surface area contributed by atoms with Gasteiger partial charge in [-0.25, -0.2) is 13.1 Å². The molecule has 5 nitrogen and oxygen atoms in total. The molecule has 1 aromatic rings. The number of nitrogens with one attached hydrogen (secondary N) is 1. The van der Waals surface area contributed by atoms with E-state index in [9.17, 15) is 13.5 Å². The standard InChI is InChI=1S/C14H22N2O3S/c1-3-11-4-5-14(8-12(11)10-17)20(18,19)15-13-6-7-16(2)9-13/h4-5,8,13,15,17H,3,6-7,9-10H2,1-2H3. The van der Waals surface area contributed by atoms with Gasteiger partial charge in [-0.1, -0.05) is 13.0 Å². The minimum absolute atomic E-state index is 0.0339. The van der Waals surface area contributed by atoms with Crippen molar-refractivity contribution in [2.24, 2.45) is 0 Å². The number of aliphatic hydroxyl groups is 1. The summed E-state index contributed by atoms with van der Waals surface area (Å²) in [5.74, 6) is 0. The van der Waals surface area contributed by atoms with Crippen LogP contribution >= 0.6 is 0 Å². The Kier molecular flexibility index (Phi) is 4.80. The van der Waals surface area contributed by atoms with Gasteiger partial charge >= 0.3 is 0 Å². The van der Waals surface area contributed by atoms with Crippen molar-refractivity contribution < 1.29 is 13.5 Å². The van der Waals surface area contributed by atoms with Gasteiger partial charge in [0.05, 0.1) is 11.5 Å². The molecule has 1 saturated heterocycles. The van der Waals surface area contributed by atoms with Gasteiger partial charge in [0, 0.05) is 12.6 Å². The maximum absolute atomic E-state index is 12.4. The lowest BCUT2D eigenvalue weighted by Gasteiger charge is -2.14. The zero-order chi connectivity index (χ0) is 14.8. The average Bonchev–Trinajstić information content (AvgIpc) is 2.82. The van der Waals surface area contributed by atoms with Gasteiger partial charge in [-0.15, -0.1) is 0 Å². The van der Waals surface area contributed by atoms with E-state index in [0.717, 1.165) is 31.5 Å². The van der Waals surface area contributed by atoms with E-state index in [-0.39, 0.29) is 17.5 Å². The SMILES string of the molecule is CCc1ccc(S(=O)(=O)NC2CCN(C)C2)cc1CO. The summed E-state index contributed by atoms with van der Waals surface area (Å²) in [6.07, 6.45) is 1.60. The fourth-order valence-corrected chi connectivity index (χ4v) is 3.89. The number of hydrogen-bond donors (Lipinski definition) is 2. The first-order chi connectivity index (χ1) is 9.46. The molecule has 1 heterocycles. The van der Waals surface area contributed by atoms with Crippen molar-refractivity contribution in [2.45, 2.75) is 37.3 Å². The Bertz CT molecular complexity index is 572. The van der Waals surface area contributed by atoms with Crippen LogP contribution in [0.25, 0.3) is 0 Å². The summed E-state index contributed by atoms with van der Waals surface area (Å²) < 4.78 is 27.4. The Hall–Kier alpha value is -0.950. The van der Waals surface area contributed by atoms with Crippen LogP contribution in [-0.4, -0.2) is 44.6 Å². The Labute approximate surface area is 120 Å². The third-order valence-corrected chi connectivity index (χ3v) is 5.27. The number of hydrogen-bond acceptors (Lipinski definition) is 4. The van der Waals surface area contributed by atoms with Crippen LogP contribution in [0.1, 0.15) is 24.5 Å². The second-order valence-electron chi connectivity index (χ2n) is 5.31. The van der Waals surface area contributed by atoms with Crippen molar-refractivity contribution in [3.8, 4) is 0 Å². The van der Waals surface area contributed by atoms with Crippen LogP contribution in [0.4, 0.5) is 0 Å². The lowest BCUT2D eigenvalue weighted by atomic mass is 10.1. The van der Waals surface area contributed by atoms with E-state index in [0.29, 0.717) is 5.56 Å². The number of nitrogens with zero attached hydrogens (tertiary/aromatic N) is 1. The van der Waals surface area contributed by atoms with E-state index in [1.807, 2.05) is 14.0 Å². The fraction of sp³-hybridized carbons (Fsp3) is 0.571. The predicted octanol–water partition coefficient (Wildman–Crippen LogP) is 0.724. The number of aryl methyl sites for hydroxylation is 1. The topological polar surface area (TPSA) is 69.6 Å². The molecule has 20 heavy (non-hydrogen) atoms. The number of likely N-dealkylation sites (tertiary alicyclic amines) is 1. The molecule has 6 heteroatoms. The van der Waals surface area contributed by atoms with E-state index >= 15 is 0 Å². The Balaban J connectivity index is 2.21. The van der Waals surface area contributed by atoms with Crippen molar-refractivity contribution in [3.05, 3.63) is 29.3 Å². The summed E-state index contributed by atoms with van der Waals surface area (Å²) in [4.78, 5) is 2.33. The molecule has 0 saturated carbocycles. The van der Waals surface area contributed by atoms with Gasteiger partial charge in [-0.3, -0.25) is 0 Å². The zero-order valence-electron chi connectivity index (χ0n) is 12.0. The highest BCUT2D eigenvalue weighted by Crippen LogP contribution is 2.18. The molecular formula is C14H22N2O3S. The number of aliphatic hydroxyl groups excluding tert-OH is 1. The summed E-state index contributed by atoms with van der Waals surface area (Å²) in [6, 6.07) is 4.92. The smallest absolute Gasteiger partial charge is 0.240 e. The average molecular weight is 298 g/mol. The first kappa shape index (κ1) is 15.4. The van der Waals surface area contributed by atoms with Crippen molar-refractivity contribution in [2.75, 3.05) is 20.1 Å². The lowest BCUT2D eigenvalue weighted by Crippen LogP contribution is -2.36. The largest absolute Gasteiger partial charge is 0.392 e. The van der Waals surface area contributed by atoms with Gasteiger partial charge in [-0.05, 0) is 49.7 Å². The molecular weight excluding hydrogens is 276 g/mol. The van der Waals surface area contributed by atoms with E-state index in [1.54, 1.807) is 18.2 Å².